The maximum Gasteiger partial charge on any atom is 0.311 e. The molecule has 1 atom stereocenters. The van der Waals surface area contributed by atoms with Crippen LogP contribution in [0.3, 0.4) is 0 Å². The summed E-state index contributed by atoms with van der Waals surface area (Å²) in [5.41, 5.74) is 0.866. The van der Waals surface area contributed by atoms with Gasteiger partial charge in [0.05, 0.1) is 11.6 Å². The third kappa shape index (κ3) is 4.08. The predicted molar refractivity (Wildman–Crippen MR) is 90.7 cm³/mol. The average Bonchev–Trinajstić information content (AvgIpc) is 2.95. The molecule has 0 aliphatic carbocycles. The summed E-state index contributed by atoms with van der Waals surface area (Å²) in [4.78, 5) is 3.29. The fourth-order valence-corrected chi connectivity index (χ4v) is 5.42. The van der Waals surface area contributed by atoms with Gasteiger partial charge in [0.1, 0.15) is 0 Å². The van der Waals surface area contributed by atoms with Crippen LogP contribution < -0.4 is 0 Å². The maximum absolute atomic E-state index is 12.5. The molecule has 0 N–H and O–H groups in total. The molecule has 24 heavy (non-hydrogen) atoms. The van der Waals surface area contributed by atoms with Crippen molar-refractivity contribution in [1.82, 2.24) is 9.80 Å². The molecule has 9 heteroatoms. The van der Waals surface area contributed by atoms with Crippen molar-refractivity contribution in [3.05, 3.63) is 42.2 Å². The van der Waals surface area contributed by atoms with Crippen LogP contribution in [-0.2, 0) is 23.9 Å². The van der Waals surface area contributed by atoms with Gasteiger partial charge in [-0.05, 0) is 32.4 Å². The first-order valence-corrected chi connectivity index (χ1v) is 10.5. The van der Waals surface area contributed by atoms with Crippen LogP contribution in [0.2, 0.25) is 0 Å². The zero-order chi connectivity index (χ0) is 18.0. The molecule has 1 aromatic rings. The molecular formula is C15H22N2O5S2. The van der Waals surface area contributed by atoms with E-state index in [4.69, 9.17) is 0 Å². The van der Waals surface area contributed by atoms with Gasteiger partial charge in [-0.1, -0.05) is 24.6 Å². The van der Waals surface area contributed by atoms with E-state index in [2.05, 4.69) is 3.63 Å². The minimum absolute atomic E-state index is 0.182. The van der Waals surface area contributed by atoms with E-state index < -0.39 is 25.6 Å². The second-order valence-corrected chi connectivity index (χ2v) is 9.00. The smallest absolute Gasteiger partial charge is 0.311 e. The van der Waals surface area contributed by atoms with E-state index in [9.17, 15) is 16.8 Å². The standard InChI is InChI=1S/C15H22N2O5S2/c1-4-15(17-11-10-16(5-2)12-17)24(20,21)22-23(18,19)14-8-6-13(3)7-9-14/h6-11,15H,4-5,12H2,1-3H3. The van der Waals surface area contributed by atoms with Crippen LogP contribution in [0, 0.1) is 6.92 Å². The molecule has 1 aromatic carbocycles. The van der Waals surface area contributed by atoms with Crippen molar-refractivity contribution in [2.24, 2.45) is 0 Å². The van der Waals surface area contributed by atoms with E-state index in [1.54, 1.807) is 43.3 Å². The lowest BCUT2D eigenvalue weighted by atomic mass is 10.2. The van der Waals surface area contributed by atoms with Gasteiger partial charge in [0.2, 0.25) is 0 Å². The van der Waals surface area contributed by atoms with Gasteiger partial charge in [-0.15, -0.1) is 3.63 Å². The molecule has 134 valence electrons. The number of hydrogen-bond acceptors (Lipinski definition) is 7. The van der Waals surface area contributed by atoms with E-state index in [0.717, 1.165) is 12.1 Å². The summed E-state index contributed by atoms with van der Waals surface area (Å²) in [6.07, 6.45) is 3.61. The minimum Gasteiger partial charge on any atom is -0.359 e. The molecule has 1 aliphatic heterocycles. The average molecular weight is 374 g/mol. The molecule has 0 bridgehead atoms. The first kappa shape index (κ1) is 18.8. The van der Waals surface area contributed by atoms with Gasteiger partial charge in [-0.3, -0.25) is 0 Å². The number of aryl methyl sites for hydroxylation is 1. The Morgan fingerprint density at radius 2 is 1.71 bits per heavy atom. The minimum atomic E-state index is -4.39. The third-order valence-electron chi connectivity index (χ3n) is 3.77. The normalized spacial score (nSPS) is 16.6. The molecule has 0 aromatic heterocycles. The van der Waals surface area contributed by atoms with E-state index in [-0.39, 0.29) is 11.3 Å². The van der Waals surface area contributed by atoms with Gasteiger partial charge in [-0.25, -0.2) is 0 Å². The SMILES string of the molecule is CCC(N1C=CN(CC)C1)S(=O)(=O)OS(=O)(=O)c1ccc(C)cc1. The van der Waals surface area contributed by atoms with Crippen molar-refractivity contribution in [1.29, 1.82) is 0 Å². The molecule has 1 unspecified atom stereocenters. The number of hydrogen-bond donors (Lipinski definition) is 0. The molecule has 0 saturated carbocycles. The van der Waals surface area contributed by atoms with Crippen LogP contribution in [0.1, 0.15) is 25.8 Å². The van der Waals surface area contributed by atoms with E-state index in [1.165, 1.54) is 12.1 Å². The van der Waals surface area contributed by atoms with Crippen molar-refractivity contribution in [2.45, 2.75) is 37.5 Å². The highest BCUT2D eigenvalue weighted by molar-refractivity contribution is 8.00. The Morgan fingerprint density at radius 3 is 2.21 bits per heavy atom. The molecule has 0 radical (unpaired) electrons. The molecule has 0 amide bonds. The first-order chi connectivity index (χ1) is 11.2. The Morgan fingerprint density at radius 1 is 1.08 bits per heavy atom. The Kier molecular flexibility index (Phi) is 5.56. The van der Waals surface area contributed by atoms with Gasteiger partial charge < -0.3 is 9.80 Å². The van der Waals surface area contributed by atoms with Gasteiger partial charge in [0.25, 0.3) is 0 Å². The molecule has 0 fully saturated rings. The van der Waals surface area contributed by atoms with E-state index in [0.29, 0.717) is 6.67 Å². The van der Waals surface area contributed by atoms with E-state index in [1.807, 2.05) is 11.8 Å². The number of nitrogens with zero attached hydrogens (tertiary/aromatic N) is 2. The predicted octanol–water partition coefficient (Wildman–Crippen LogP) is 1.83. The Hall–Kier alpha value is -1.58. The molecule has 2 rings (SSSR count). The van der Waals surface area contributed by atoms with Crippen LogP contribution in [-0.4, -0.2) is 45.2 Å². The highest BCUT2D eigenvalue weighted by atomic mass is 32.3. The summed E-state index contributed by atoms with van der Waals surface area (Å²) in [6, 6.07) is 5.83. The molecule has 7 nitrogen and oxygen atoms in total. The van der Waals surface area contributed by atoms with Crippen LogP contribution in [0.5, 0.6) is 0 Å². The van der Waals surface area contributed by atoms with Crippen molar-refractivity contribution in [3.63, 3.8) is 0 Å². The Balaban J connectivity index is 2.22. The summed E-state index contributed by atoms with van der Waals surface area (Å²) in [6.45, 7) is 6.53. The second-order valence-electron chi connectivity index (χ2n) is 5.55. The lowest BCUT2D eigenvalue weighted by Crippen LogP contribution is -2.40. The maximum atomic E-state index is 12.5. The van der Waals surface area contributed by atoms with Crippen molar-refractivity contribution in [2.75, 3.05) is 13.2 Å². The largest absolute Gasteiger partial charge is 0.359 e. The van der Waals surface area contributed by atoms with Crippen molar-refractivity contribution in [3.8, 4) is 0 Å². The summed E-state index contributed by atoms with van der Waals surface area (Å²) in [5.74, 6) is 0. The third-order valence-corrected chi connectivity index (χ3v) is 7.36. The fraction of sp³-hybridized carbons (Fsp3) is 0.467. The highest BCUT2D eigenvalue weighted by Crippen LogP contribution is 2.23. The molecular weight excluding hydrogens is 352 g/mol. The van der Waals surface area contributed by atoms with E-state index >= 15 is 0 Å². The number of rotatable bonds is 7. The molecule has 0 spiro atoms. The Bertz CT molecular complexity index is 801. The highest BCUT2D eigenvalue weighted by Gasteiger charge is 2.36. The fourth-order valence-electron chi connectivity index (χ4n) is 2.40. The van der Waals surface area contributed by atoms with Crippen LogP contribution in [0.4, 0.5) is 0 Å². The lowest BCUT2D eigenvalue weighted by Gasteiger charge is -2.27. The zero-order valence-electron chi connectivity index (χ0n) is 13.9. The number of benzene rings is 1. The second kappa shape index (κ2) is 7.12. The van der Waals surface area contributed by atoms with Crippen molar-refractivity contribution < 1.29 is 20.5 Å². The van der Waals surface area contributed by atoms with Gasteiger partial charge in [0, 0.05) is 18.9 Å². The quantitative estimate of drug-likeness (QED) is 0.720. The molecule has 1 aliphatic rings. The summed E-state index contributed by atoms with van der Waals surface area (Å²) < 4.78 is 54.2. The van der Waals surface area contributed by atoms with Gasteiger partial charge in [0.15, 0.2) is 5.37 Å². The van der Waals surface area contributed by atoms with Gasteiger partial charge >= 0.3 is 20.2 Å². The summed E-state index contributed by atoms with van der Waals surface area (Å²) in [5, 5.41) is -1.06. The molecule has 0 saturated heterocycles. The van der Waals surface area contributed by atoms with Gasteiger partial charge in [-0.2, -0.15) is 16.8 Å². The zero-order valence-corrected chi connectivity index (χ0v) is 15.5. The summed E-state index contributed by atoms with van der Waals surface area (Å²) in [7, 11) is -8.73. The van der Waals surface area contributed by atoms with Crippen LogP contribution >= 0.6 is 0 Å². The van der Waals surface area contributed by atoms with Crippen LogP contribution in [0.25, 0.3) is 0 Å². The lowest BCUT2D eigenvalue weighted by molar-refractivity contribution is 0.244. The molecule has 1 heterocycles. The first-order valence-electron chi connectivity index (χ1n) is 7.64. The monoisotopic (exact) mass is 374 g/mol. The van der Waals surface area contributed by atoms with Crippen LogP contribution in [0.15, 0.2) is 41.6 Å². The Labute approximate surface area is 143 Å². The van der Waals surface area contributed by atoms with Crippen molar-refractivity contribution >= 4 is 20.2 Å². The summed E-state index contributed by atoms with van der Waals surface area (Å²) >= 11 is 0. The topological polar surface area (TPSA) is 84.0 Å².